The Balaban J connectivity index is 2.81. The second kappa shape index (κ2) is 8.30. The van der Waals surface area contributed by atoms with Crippen LogP contribution < -0.4 is 11.1 Å². The van der Waals surface area contributed by atoms with Gasteiger partial charge in [0.2, 0.25) is 5.91 Å². The van der Waals surface area contributed by atoms with Crippen molar-refractivity contribution in [2.75, 3.05) is 25.6 Å². The van der Waals surface area contributed by atoms with Crippen LogP contribution in [-0.2, 0) is 16.0 Å². The molecule has 19 heavy (non-hydrogen) atoms. The van der Waals surface area contributed by atoms with Crippen molar-refractivity contribution in [3.8, 4) is 11.8 Å². The van der Waals surface area contributed by atoms with E-state index in [1.165, 1.54) is 0 Å². The number of methoxy groups -OCH3 is 1. The van der Waals surface area contributed by atoms with Gasteiger partial charge in [-0.3, -0.25) is 4.79 Å². The monoisotopic (exact) mass is 260 g/mol. The highest BCUT2D eigenvalue weighted by molar-refractivity contribution is 5.91. The Bertz CT molecular complexity index is 487. The van der Waals surface area contributed by atoms with Crippen molar-refractivity contribution < 1.29 is 9.53 Å². The molecule has 4 heteroatoms. The van der Waals surface area contributed by atoms with E-state index in [-0.39, 0.29) is 5.91 Å². The van der Waals surface area contributed by atoms with Crippen molar-refractivity contribution in [3.05, 3.63) is 29.3 Å². The van der Waals surface area contributed by atoms with E-state index in [0.29, 0.717) is 19.6 Å². The zero-order valence-electron chi connectivity index (χ0n) is 11.5. The first-order valence-corrected chi connectivity index (χ1v) is 6.32. The van der Waals surface area contributed by atoms with E-state index in [0.717, 1.165) is 23.2 Å². The molecule has 0 fully saturated rings. The normalized spacial score (nSPS) is 9.63. The van der Waals surface area contributed by atoms with Crippen LogP contribution in [0.1, 0.15) is 24.5 Å². The summed E-state index contributed by atoms with van der Waals surface area (Å²) in [5, 5.41) is 2.89. The summed E-state index contributed by atoms with van der Waals surface area (Å²) < 4.78 is 4.88. The molecular weight excluding hydrogens is 240 g/mol. The molecule has 1 rings (SSSR count). The van der Waals surface area contributed by atoms with Crippen molar-refractivity contribution >= 4 is 11.6 Å². The quantitative estimate of drug-likeness (QED) is 0.789. The predicted molar refractivity (Wildman–Crippen MR) is 76.9 cm³/mol. The Morgan fingerprint density at radius 2 is 2.26 bits per heavy atom. The fourth-order valence-corrected chi connectivity index (χ4v) is 1.65. The van der Waals surface area contributed by atoms with E-state index in [2.05, 4.69) is 17.2 Å². The van der Waals surface area contributed by atoms with Crippen molar-refractivity contribution in [2.24, 2.45) is 5.73 Å². The first-order valence-electron chi connectivity index (χ1n) is 6.32. The first kappa shape index (κ1) is 15.2. The van der Waals surface area contributed by atoms with Crippen LogP contribution in [0.3, 0.4) is 0 Å². The number of carbonyl (C=O) groups is 1. The van der Waals surface area contributed by atoms with Crippen LogP contribution >= 0.6 is 0 Å². The molecule has 0 aliphatic rings. The fraction of sp³-hybridized carbons (Fsp3) is 0.400. The van der Waals surface area contributed by atoms with Gasteiger partial charge in [0.1, 0.15) is 0 Å². The number of amides is 1. The summed E-state index contributed by atoms with van der Waals surface area (Å²) >= 11 is 0. The van der Waals surface area contributed by atoms with E-state index in [4.69, 9.17) is 10.5 Å². The molecule has 1 aromatic rings. The van der Waals surface area contributed by atoms with Gasteiger partial charge in [-0.05, 0) is 30.2 Å². The van der Waals surface area contributed by atoms with Crippen molar-refractivity contribution in [1.29, 1.82) is 0 Å². The lowest BCUT2D eigenvalue weighted by molar-refractivity contribution is -0.117. The molecule has 0 saturated carbocycles. The number of hydrogen-bond acceptors (Lipinski definition) is 3. The molecule has 0 heterocycles. The lowest BCUT2D eigenvalue weighted by atomic mass is 10.1. The smallest absolute Gasteiger partial charge is 0.226 e. The summed E-state index contributed by atoms with van der Waals surface area (Å²) in [6.07, 6.45) is 1.19. The molecule has 3 N–H and O–H groups in total. The van der Waals surface area contributed by atoms with E-state index < -0.39 is 0 Å². The summed E-state index contributed by atoms with van der Waals surface area (Å²) in [4.78, 5) is 11.7. The number of nitrogens with two attached hydrogens (primary N) is 1. The van der Waals surface area contributed by atoms with Gasteiger partial charge in [0.25, 0.3) is 0 Å². The number of carbonyl (C=O) groups excluding carboxylic acids is 1. The minimum atomic E-state index is -0.0441. The van der Waals surface area contributed by atoms with Gasteiger partial charge in [0.15, 0.2) is 0 Å². The molecule has 4 nitrogen and oxygen atoms in total. The van der Waals surface area contributed by atoms with Gasteiger partial charge < -0.3 is 15.8 Å². The molecule has 0 aliphatic heterocycles. The highest BCUT2D eigenvalue weighted by Gasteiger charge is 2.06. The SMILES string of the molecule is CCc1cc(C#CCN)ccc1NC(=O)CCOC. The highest BCUT2D eigenvalue weighted by Crippen LogP contribution is 2.18. The summed E-state index contributed by atoms with van der Waals surface area (Å²) in [6, 6.07) is 5.74. The maximum atomic E-state index is 11.7. The molecule has 0 spiro atoms. The number of hydrogen-bond donors (Lipinski definition) is 2. The van der Waals surface area contributed by atoms with Gasteiger partial charge in [0, 0.05) is 18.4 Å². The lowest BCUT2D eigenvalue weighted by Crippen LogP contribution is -2.14. The van der Waals surface area contributed by atoms with Crippen LogP contribution in [0.5, 0.6) is 0 Å². The van der Waals surface area contributed by atoms with E-state index >= 15 is 0 Å². The second-order valence-electron chi connectivity index (χ2n) is 4.02. The number of benzene rings is 1. The Kier molecular flexibility index (Phi) is 6.65. The maximum Gasteiger partial charge on any atom is 0.226 e. The second-order valence-corrected chi connectivity index (χ2v) is 4.02. The third-order valence-corrected chi connectivity index (χ3v) is 2.63. The summed E-state index contributed by atoms with van der Waals surface area (Å²) in [7, 11) is 1.58. The van der Waals surface area contributed by atoms with Crippen LogP contribution in [0.2, 0.25) is 0 Å². The number of nitrogens with one attached hydrogen (secondary N) is 1. The Morgan fingerprint density at radius 1 is 1.47 bits per heavy atom. The molecule has 0 unspecified atom stereocenters. The standard InChI is InChI=1S/C15H20N2O2/c1-3-13-11-12(5-4-9-16)6-7-14(13)17-15(18)8-10-19-2/h6-7,11H,3,8-10,16H2,1-2H3,(H,17,18). The van der Waals surface area contributed by atoms with Crippen molar-refractivity contribution in [3.63, 3.8) is 0 Å². The minimum absolute atomic E-state index is 0.0441. The van der Waals surface area contributed by atoms with Crippen LogP contribution in [0.4, 0.5) is 5.69 Å². The molecule has 0 aromatic heterocycles. The Morgan fingerprint density at radius 3 is 2.89 bits per heavy atom. The van der Waals surface area contributed by atoms with Crippen molar-refractivity contribution in [1.82, 2.24) is 0 Å². The minimum Gasteiger partial charge on any atom is -0.384 e. The molecule has 1 aromatic carbocycles. The topological polar surface area (TPSA) is 64.3 Å². The molecule has 0 radical (unpaired) electrons. The summed E-state index contributed by atoms with van der Waals surface area (Å²) in [5.74, 6) is 5.76. The molecule has 0 atom stereocenters. The van der Waals surface area contributed by atoms with Crippen LogP contribution in [0.15, 0.2) is 18.2 Å². The van der Waals surface area contributed by atoms with E-state index in [9.17, 15) is 4.79 Å². The molecule has 0 bridgehead atoms. The molecule has 102 valence electrons. The average Bonchev–Trinajstić information content (AvgIpc) is 2.43. The summed E-state index contributed by atoms with van der Waals surface area (Å²) in [6.45, 7) is 2.81. The Hall–Kier alpha value is -1.83. The molecule has 1 amide bonds. The molecule has 0 saturated heterocycles. The van der Waals surface area contributed by atoms with Gasteiger partial charge in [-0.15, -0.1) is 0 Å². The average molecular weight is 260 g/mol. The van der Waals surface area contributed by atoms with Gasteiger partial charge in [0.05, 0.1) is 19.6 Å². The molecule has 0 aliphatic carbocycles. The lowest BCUT2D eigenvalue weighted by Gasteiger charge is -2.10. The fourth-order valence-electron chi connectivity index (χ4n) is 1.65. The van der Waals surface area contributed by atoms with Crippen molar-refractivity contribution in [2.45, 2.75) is 19.8 Å². The van der Waals surface area contributed by atoms with Gasteiger partial charge in [-0.25, -0.2) is 0 Å². The van der Waals surface area contributed by atoms with Crippen LogP contribution in [-0.4, -0.2) is 26.2 Å². The van der Waals surface area contributed by atoms with Gasteiger partial charge >= 0.3 is 0 Å². The highest BCUT2D eigenvalue weighted by atomic mass is 16.5. The van der Waals surface area contributed by atoms with E-state index in [1.807, 2.05) is 25.1 Å². The maximum absolute atomic E-state index is 11.7. The van der Waals surface area contributed by atoms with Crippen LogP contribution in [0.25, 0.3) is 0 Å². The predicted octanol–water partition coefficient (Wildman–Crippen LogP) is 1.53. The number of rotatable bonds is 5. The number of aryl methyl sites for hydroxylation is 1. The zero-order chi connectivity index (χ0) is 14.1. The van der Waals surface area contributed by atoms with E-state index in [1.54, 1.807) is 7.11 Å². The van der Waals surface area contributed by atoms with Crippen LogP contribution in [0, 0.1) is 11.8 Å². The van der Waals surface area contributed by atoms with Gasteiger partial charge in [-0.2, -0.15) is 0 Å². The third-order valence-electron chi connectivity index (χ3n) is 2.63. The number of ether oxygens (including phenoxy) is 1. The van der Waals surface area contributed by atoms with Gasteiger partial charge in [-0.1, -0.05) is 18.8 Å². The third kappa shape index (κ3) is 5.12. The number of anilines is 1. The largest absolute Gasteiger partial charge is 0.384 e. The first-order chi connectivity index (χ1) is 9.21. The summed E-state index contributed by atoms with van der Waals surface area (Å²) in [5.41, 5.74) is 8.16. The molecular formula is C15H20N2O2. The zero-order valence-corrected chi connectivity index (χ0v) is 11.5. The Labute approximate surface area is 114 Å².